The maximum Gasteiger partial charge on any atom is 0.183 e. The first kappa shape index (κ1) is 13.4. The quantitative estimate of drug-likeness (QED) is 0.412. The number of hydrogen-bond acceptors (Lipinski definition) is 1. The molecule has 1 atom stereocenters. The highest BCUT2D eigenvalue weighted by molar-refractivity contribution is 5.28. The fourth-order valence-electron chi connectivity index (χ4n) is 1.46. The average Bonchev–Trinajstić information content (AvgIpc) is 2.34. The molecule has 1 nitrogen and oxygen atoms in total. The van der Waals surface area contributed by atoms with Gasteiger partial charge in [0.15, 0.2) is 6.10 Å². The van der Waals surface area contributed by atoms with Crippen LogP contribution in [0.15, 0.2) is 37.1 Å². The molecule has 0 fully saturated rings. The Labute approximate surface area is 105 Å². The molecule has 0 aliphatic heterocycles. The lowest BCUT2D eigenvalue weighted by molar-refractivity contribution is 0.199. The van der Waals surface area contributed by atoms with Gasteiger partial charge in [-0.05, 0) is 13.3 Å². The fraction of sp³-hybridized carbons (Fsp3) is 0.375. The van der Waals surface area contributed by atoms with Crippen LogP contribution in [0.4, 0.5) is 0 Å². The summed E-state index contributed by atoms with van der Waals surface area (Å²) in [6.07, 6.45) is 4.51. The van der Waals surface area contributed by atoms with E-state index in [1.807, 2.05) is 0 Å². The fourth-order valence-corrected chi connectivity index (χ4v) is 1.46. The van der Waals surface area contributed by atoms with E-state index in [1.165, 1.54) is 18.2 Å². The van der Waals surface area contributed by atoms with E-state index in [1.54, 1.807) is 0 Å². The molecule has 0 amide bonds. The molecule has 0 bridgehead atoms. The van der Waals surface area contributed by atoms with Crippen molar-refractivity contribution in [2.24, 2.45) is 0 Å². The molecule has 1 aromatic carbocycles. The molecule has 1 aromatic rings. The number of unbranched alkanes of at least 4 members (excludes halogenated alkanes) is 2. The van der Waals surface area contributed by atoms with Crippen molar-refractivity contribution in [3.8, 4) is 11.8 Å². The minimum atomic E-state index is -0.190. The van der Waals surface area contributed by atoms with Crippen molar-refractivity contribution in [1.82, 2.24) is 0 Å². The summed E-state index contributed by atoms with van der Waals surface area (Å²) in [6, 6.07) is 8.25. The van der Waals surface area contributed by atoms with Crippen LogP contribution in [0.25, 0.3) is 0 Å². The van der Waals surface area contributed by atoms with Crippen LogP contribution in [-0.4, -0.2) is 0 Å². The van der Waals surface area contributed by atoms with Crippen LogP contribution in [0, 0.1) is 18.8 Å². The van der Waals surface area contributed by atoms with E-state index in [9.17, 15) is 0 Å². The van der Waals surface area contributed by atoms with Gasteiger partial charge in [0.05, 0.1) is 6.26 Å². The van der Waals surface area contributed by atoms with Gasteiger partial charge in [-0.3, -0.25) is 0 Å². The van der Waals surface area contributed by atoms with Crippen molar-refractivity contribution in [2.45, 2.75) is 39.2 Å². The highest BCUT2D eigenvalue weighted by Gasteiger charge is 2.06. The maximum absolute atomic E-state index is 5.44. The molecule has 1 rings (SSSR count). The zero-order chi connectivity index (χ0) is 12.5. The highest BCUT2D eigenvalue weighted by atomic mass is 16.5. The van der Waals surface area contributed by atoms with Crippen molar-refractivity contribution < 1.29 is 4.74 Å². The SMILES string of the molecule is C=COC(C#CCCCC)c1ccc(C)cc1. The van der Waals surface area contributed by atoms with E-state index < -0.39 is 0 Å². The summed E-state index contributed by atoms with van der Waals surface area (Å²) in [5.41, 5.74) is 2.32. The first-order valence-corrected chi connectivity index (χ1v) is 6.09. The normalized spacial score (nSPS) is 11.2. The number of aryl methyl sites for hydroxylation is 1. The van der Waals surface area contributed by atoms with Crippen molar-refractivity contribution in [1.29, 1.82) is 0 Å². The van der Waals surface area contributed by atoms with E-state index in [0.29, 0.717) is 0 Å². The van der Waals surface area contributed by atoms with Gasteiger partial charge in [-0.25, -0.2) is 0 Å². The molecule has 1 unspecified atom stereocenters. The van der Waals surface area contributed by atoms with Gasteiger partial charge in [0.25, 0.3) is 0 Å². The molecule has 0 aromatic heterocycles. The van der Waals surface area contributed by atoms with E-state index in [4.69, 9.17) is 4.74 Å². The summed E-state index contributed by atoms with van der Waals surface area (Å²) >= 11 is 0. The third kappa shape index (κ3) is 4.78. The largest absolute Gasteiger partial charge is 0.481 e. The Morgan fingerprint density at radius 2 is 2.06 bits per heavy atom. The molecule has 1 heteroatoms. The Balaban J connectivity index is 2.73. The van der Waals surface area contributed by atoms with Crippen LogP contribution < -0.4 is 0 Å². The summed E-state index contributed by atoms with van der Waals surface area (Å²) in [4.78, 5) is 0. The number of benzene rings is 1. The zero-order valence-corrected chi connectivity index (χ0v) is 10.7. The molecule has 0 N–H and O–H groups in total. The number of ether oxygens (including phenoxy) is 1. The standard InChI is InChI=1S/C16H20O/c1-4-6-7-8-9-16(17-5-2)15-12-10-14(3)11-13-15/h5,10-13,16H,2,4,6-7H2,1,3H3. The van der Waals surface area contributed by atoms with E-state index in [0.717, 1.165) is 18.4 Å². The molecule has 0 heterocycles. The van der Waals surface area contributed by atoms with Crippen LogP contribution in [0.5, 0.6) is 0 Å². The summed E-state index contributed by atoms with van der Waals surface area (Å²) in [7, 11) is 0. The minimum absolute atomic E-state index is 0.190. The van der Waals surface area contributed by atoms with Crippen LogP contribution in [-0.2, 0) is 4.74 Å². The van der Waals surface area contributed by atoms with Crippen molar-refractivity contribution >= 4 is 0 Å². The average molecular weight is 228 g/mol. The van der Waals surface area contributed by atoms with E-state index >= 15 is 0 Å². The Morgan fingerprint density at radius 3 is 2.65 bits per heavy atom. The Hall–Kier alpha value is -1.68. The lowest BCUT2D eigenvalue weighted by Gasteiger charge is -2.10. The monoisotopic (exact) mass is 228 g/mol. The predicted molar refractivity (Wildman–Crippen MR) is 72.5 cm³/mol. The Morgan fingerprint density at radius 1 is 1.35 bits per heavy atom. The molecular formula is C16H20O. The highest BCUT2D eigenvalue weighted by Crippen LogP contribution is 2.17. The van der Waals surface area contributed by atoms with Crippen molar-refractivity contribution in [3.63, 3.8) is 0 Å². The second-order valence-electron chi connectivity index (χ2n) is 4.02. The van der Waals surface area contributed by atoms with Gasteiger partial charge >= 0.3 is 0 Å². The van der Waals surface area contributed by atoms with Gasteiger partial charge < -0.3 is 4.74 Å². The number of hydrogen-bond donors (Lipinski definition) is 0. The summed E-state index contributed by atoms with van der Waals surface area (Å²) in [6.45, 7) is 7.83. The third-order valence-electron chi connectivity index (χ3n) is 2.50. The van der Waals surface area contributed by atoms with Crippen LogP contribution in [0.1, 0.15) is 43.4 Å². The molecule has 0 saturated carbocycles. The van der Waals surface area contributed by atoms with Gasteiger partial charge in [0.1, 0.15) is 0 Å². The number of rotatable bonds is 5. The van der Waals surface area contributed by atoms with Crippen molar-refractivity contribution in [2.75, 3.05) is 0 Å². The summed E-state index contributed by atoms with van der Waals surface area (Å²) in [5.74, 6) is 6.31. The second kappa shape index (κ2) is 7.57. The summed E-state index contributed by atoms with van der Waals surface area (Å²) in [5, 5.41) is 0. The molecule has 0 radical (unpaired) electrons. The first-order chi connectivity index (χ1) is 8.27. The van der Waals surface area contributed by atoms with Crippen LogP contribution >= 0.6 is 0 Å². The van der Waals surface area contributed by atoms with E-state index in [-0.39, 0.29) is 6.10 Å². The summed E-state index contributed by atoms with van der Waals surface area (Å²) < 4.78 is 5.44. The predicted octanol–water partition coefficient (Wildman–Crippen LogP) is 4.39. The Bertz CT molecular complexity index is 392. The molecule has 17 heavy (non-hydrogen) atoms. The van der Waals surface area contributed by atoms with Gasteiger partial charge in [-0.1, -0.05) is 61.6 Å². The van der Waals surface area contributed by atoms with Gasteiger partial charge in [-0.15, -0.1) is 0 Å². The second-order valence-corrected chi connectivity index (χ2v) is 4.02. The first-order valence-electron chi connectivity index (χ1n) is 6.09. The minimum Gasteiger partial charge on any atom is -0.481 e. The van der Waals surface area contributed by atoms with E-state index in [2.05, 4.69) is 56.5 Å². The zero-order valence-electron chi connectivity index (χ0n) is 10.7. The van der Waals surface area contributed by atoms with Gasteiger partial charge in [-0.2, -0.15) is 0 Å². The molecule has 0 spiro atoms. The van der Waals surface area contributed by atoms with Crippen LogP contribution in [0.3, 0.4) is 0 Å². The topological polar surface area (TPSA) is 9.23 Å². The van der Waals surface area contributed by atoms with Gasteiger partial charge in [0.2, 0.25) is 0 Å². The lowest BCUT2D eigenvalue weighted by Crippen LogP contribution is -1.97. The molecule has 0 saturated heterocycles. The van der Waals surface area contributed by atoms with Crippen LogP contribution in [0.2, 0.25) is 0 Å². The molecule has 90 valence electrons. The van der Waals surface area contributed by atoms with Crippen molar-refractivity contribution in [3.05, 3.63) is 48.2 Å². The lowest BCUT2D eigenvalue weighted by atomic mass is 10.1. The van der Waals surface area contributed by atoms with Gasteiger partial charge in [0, 0.05) is 12.0 Å². The smallest absolute Gasteiger partial charge is 0.183 e. The molecule has 0 aliphatic rings. The molecular weight excluding hydrogens is 208 g/mol. The molecule has 0 aliphatic carbocycles. The maximum atomic E-state index is 5.44. The third-order valence-corrected chi connectivity index (χ3v) is 2.50. The Kier molecular flexibility index (Phi) is 5.96.